The van der Waals surface area contributed by atoms with Crippen LogP contribution in [0.2, 0.25) is 0 Å². The molecule has 1 aromatic carbocycles. The molecule has 16 heavy (non-hydrogen) atoms. The number of aromatic nitrogens is 2. The van der Waals surface area contributed by atoms with Gasteiger partial charge in [-0.25, -0.2) is 0 Å². The maximum absolute atomic E-state index is 10.9. The fraction of sp³-hybridized carbons (Fsp3) is 0.0909. The van der Waals surface area contributed by atoms with Crippen LogP contribution in [0.25, 0.3) is 11.3 Å². The summed E-state index contributed by atoms with van der Waals surface area (Å²) in [5.74, 6) is -0.0279. The lowest BCUT2D eigenvalue weighted by atomic mass is 10.1. The molecule has 1 heterocycles. The maximum atomic E-state index is 10.9. The van der Waals surface area contributed by atoms with Crippen LogP contribution in [-0.2, 0) is 4.79 Å². The lowest BCUT2D eigenvalue weighted by molar-refractivity contribution is -0.114. The first kappa shape index (κ1) is 10.2. The summed E-state index contributed by atoms with van der Waals surface area (Å²) in [6.07, 6.45) is 1.67. The summed E-state index contributed by atoms with van der Waals surface area (Å²) < 4.78 is 0. The molecule has 0 spiro atoms. The lowest BCUT2D eigenvalue weighted by Gasteiger charge is -2.06. The van der Waals surface area contributed by atoms with Crippen LogP contribution in [-0.4, -0.2) is 21.2 Å². The van der Waals surface area contributed by atoms with Crippen molar-refractivity contribution in [2.75, 3.05) is 5.32 Å². The zero-order valence-corrected chi connectivity index (χ0v) is 8.69. The highest BCUT2D eigenvalue weighted by atomic mass is 16.3. The quantitative estimate of drug-likeness (QED) is 0.670. The molecule has 0 saturated heterocycles. The van der Waals surface area contributed by atoms with Crippen LogP contribution in [0.3, 0.4) is 0 Å². The fourth-order valence-corrected chi connectivity index (χ4v) is 1.43. The highest BCUT2D eigenvalue weighted by Crippen LogP contribution is 2.30. The Morgan fingerprint density at radius 2 is 2.25 bits per heavy atom. The van der Waals surface area contributed by atoms with Gasteiger partial charge in [-0.1, -0.05) is 0 Å². The zero-order valence-electron chi connectivity index (χ0n) is 8.69. The normalized spacial score (nSPS) is 10.1. The second-order valence-corrected chi connectivity index (χ2v) is 3.37. The first-order chi connectivity index (χ1) is 7.66. The van der Waals surface area contributed by atoms with Crippen LogP contribution in [0.5, 0.6) is 5.75 Å². The number of hydrogen-bond donors (Lipinski definition) is 3. The van der Waals surface area contributed by atoms with Crippen molar-refractivity contribution < 1.29 is 9.90 Å². The Morgan fingerprint density at radius 3 is 2.88 bits per heavy atom. The number of nitrogens with one attached hydrogen (secondary N) is 2. The topological polar surface area (TPSA) is 78.0 Å². The van der Waals surface area contributed by atoms with Gasteiger partial charge in [0.05, 0.1) is 5.69 Å². The number of benzene rings is 1. The van der Waals surface area contributed by atoms with Gasteiger partial charge in [-0.3, -0.25) is 9.89 Å². The monoisotopic (exact) mass is 217 g/mol. The standard InChI is InChI=1S/C11H11N3O2/c1-7(15)13-8-2-3-11(16)9(6-8)10-4-5-12-14-10/h2-6,16H,1H3,(H,12,14)(H,13,15). The predicted molar refractivity (Wildman–Crippen MR) is 60.0 cm³/mol. The Morgan fingerprint density at radius 1 is 1.44 bits per heavy atom. The van der Waals surface area contributed by atoms with Crippen molar-refractivity contribution in [2.24, 2.45) is 0 Å². The molecule has 82 valence electrons. The van der Waals surface area contributed by atoms with Crippen molar-refractivity contribution in [3.05, 3.63) is 30.5 Å². The molecule has 0 bridgehead atoms. The molecule has 3 N–H and O–H groups in total. The van der Waals surface area contributed by atoms with Gasteiger partial charge in [0.2, 0.25) is 5.91 Å². The first-order valence-corrected chi connectivity index (χ1v) is 4.77. The molecule has 5 heteroatoms. The van der Waals surface area contributed by atoms with Crippen LogP contribution >= 0.6 is 0 Å². The van der Waals surface area contributed by atoms with Gasteiger partial charge >= 0.3 is 0 Å². The predicted octanol–water partition coefficient (Wildman–Crippen LogP) is 1.74. The minimum absolute atomic E-state index is 0.126. The van der Waals surface area contributed by atoms with Gasteiger partial charge in [-0.05, 0) is 24.3 Å². The van der Waals surface area contributed by atoms with E-state index in [1.807, 2.05) is 0 Å². The summed E-state index contributed by atoms with van der Waals surface area (Å²) in [7, 11) is 0. The number of hydrogen-bond acceptors (Lipinski definition) is 3. The highest BCUT2D eigenvalue weighted by molar-refractivity contribution is 5.90. The van der Waals surface area contributed by atoms with Crippen LogP contribution in [0.1, 0.15) is 6.92 Å². The smallest absolute Gasteiger partial charge is 0.221 e. The van der Waals surface area contributed by atoms with Gasteiger partial charge in [0.1, 0.15) is 5.75 Å². The number of amides is 1. The van der Waals surface area contributed by atoms with Crippen LogP contribution in [0.4, 0.5) is 5.69 Å². The number of anilines is 1. The Balaban J connectivity index is 2.41. The molecule has 1 aromatic heterocycles. The fourth-order valence-electron chi connectivity index (χ4n) is 1.43. The number of aromatic hydroxyl groups is 1. The Hall–Kier alpha value is -2.30. The average molecular weight is 217 g/mol. The van der Waals surface area contributed by atoms with Crippen molar-refractivity contribution in [1.82, 2.24) is 10.2 Å². The number of phenolic OH excluding ortho intramolecular Hbond substituents is 1. The zero-order chi connectivity index (χ0) is 11.5. The third kappa shape index (κ3) is 2.03. The van der Waals surface area contributed by atoms with Crippen LogP contribution in [0.15, 0.2) is 30.5 Å². The van der Waals surface area contributed by atoms with E-state index in [2.05, 4.69) is 15.5 Å². The summed E-state index contributed by atoms with van der Waals surface area (Å²) in [4.78, 5) is 10.9. The van der Waals surface area contributed by atoms with E-state index in [4.69, 9.17) is 0 Å². The van der Waals surface area contributed by atoms with Gasteiger partial charge in [0, 0.05) is 24.4 Å². The minimum atomic E-state index is -0.154. The maximum Gasteiger partial charge on any atom is 0.221 e. The van der Waals surface area contributed by atoms with E-state index in [0.29, 0.717) is 16.9 Å². The van der Waals surface area contributed by atoms with Gasteiger partial charge in [-0.15, -0.1) is 0 Å². The molecule has 0 aliphatic heterocycles. The molecule has 0 aliphatic rings. The molecule has 0 atom stereocenters. The number of phenols is 1. The van der Waals surface area contributed by atoms with E-state index in [0.717, 1.165) is 0 Å². The molecule has 5 nitrogen and oxygen atoms in total. The molecule has 0 saturated carbocycles. The number of nitrogens with zero attached hydrogens (tertiary/aromatic N) is 1. The van der Waals surface area contributed by atoms with Crippen LogP contribution < -0.4 is 5.32 Å². The van der Waals surface area contributed by atoms with Crippen molar-refractivity contribution in [3.63, 3.8) is 0 Å². The van der Waals surface area contributed by atoms with Gasteiger partial charge in [-0.2, -0.15) is 5.10 Å². The summed E-state index contributed by atoms with van der Waals surface area (Å²) in [6, 6.07) is 6.57. The van der Waals surface area contributed by atoms with Crippen LogP contribution in [0, 0.1) is 0 Å². The molecule has 2 aromatic rings. The Labute approximate surface area is 92.1 Å². The molecule has 0 unspecified atom stereocenters. The minimum Gasteiger partial charge on any atom is -0.507 e. The van der Waals surface area contributed by atoms with Crippen molar-refractivity contribution in [1.29, 1.82) is 0 Å². The number of H-pyrrole nitrogens is 1. The molecular formula is C11H11N3O2. The van der Waals surface area contributed by atoms with E-state index >= 15 is 0 Å². The molecule has 1 amide bonds. The molecule has 0 fully saturated rings. The van der Waals surface area contributed by atoms with E-state index in [-0.39, 0.29) is 11.7 Å². The lowest BCUT2D eigenvalue weighted by Crippen LogP contribution is -2.05. The summed E-state index contributed by atoms with van der Waals surface area (Å²) in [5, 5.41) is 19.0. The molecular weight excluding hydrogens is 206 g/mol. The van der Waals surface area contributed by atoms with Gasteiger partial charge in [0.25, 0.3) is 0 Å². The van der Waals surface area contributed by atoms with Crippen molar-refractivity contribution in [3.8, 4) is 17.0 Å². The highest BCUT2D eigenvalue weighted by Gasteiger charge is 2.07. The molecule has 2 rings (SSSR count). The third-order valence-corrected chi connectivity index (χ3v) is 2.09. The van der Waals surface area contributed by atoms with E-state index < -0.39 is 0 Å². The van der Waals surface area contributed by atoms with E-state index in [1.165, 1.54) is 13.0 Å². The third-order valence-electron chi connectivity index (χ3n) is 2.09. The SMILES string of the molecule is CC(=O)Nc1ccc(O)c(-c2cc[nH]n2)c1. The summed E-state index contributed by atoms with van der Waals surface area (Å²) in [5.41, 5.74) is 1.83. The largest absolute Gasteiger partial charge is 0.507 e. The Bertz CT molecular complexity index is 506. The van der Waals surface area contributed by atoms with Crippen molar-refractivity contribution in [2.45, 2.75) is 6.92 Å². The number of aromatic amines is 1. The van der Waals surface area contributed by atoms with E-state index in [1.54, 1.807) is 24.4 Å². The summed E-state index contributed by atoms with van der Waals surface area (Å²) >= 11 is 0. The average Bonchev–Trinajstić information content (AvgIpc) is 2.73. The second kappa shape index (κ2) is 4.06. The number of rotatable bonds is 2. The van der Waals surface area contributed by atoms with Crippen molar-refractivity contribution >= 4 is 11.6 Å². The second-order valence-electron chi connectivity index (χ2n) is 3.37. The molecule has 0 aliphatic carbocycles. The number of carbonyl (C=O) groups is 1. The number of carbonyl (C=O) groups excluding carboxylic acids is 1. The summed E-state index contributed by atoms with van der Waals surface area (Å²) in [6.45, 7) is 1.43. The molecule has 0 radical (unpaired) electrons. The van der Waals surface area contributed by atoms with Gasteiger partial charge < -0.3 is 10.4 Å². The van der Waals surface area contributed by atoms with Gasteiger partial charge in [0.15, 0.2) is 0 Å². The first-order valence-electron chi connectivity index (χ1n) is 4.77. The Kier molecular flexibility index (Phi) is 2.59. The van der Waals surface area contributed by atoms with E-state index in [9.17, 15) is 9.90 Å².